The van der Waals surface area contributed by atoms with Gasteiger partial charge >= 0.3 is 0 Å². The minimum atomic E-state index is -4.22. The molecule has 0 saturated carbocycles. The van der Waals surface area contributed by atoms with Crippen LogP contribution in [-0.4, -0.2) is 39.8 Å². The summed E-state index contributed by atoms with van der Waals surface area (Å²) in [5.41, 5.74) is 2.38. The minimum Gasteiger partial charge on any atom is -0.859 e. The Kier molecular flexibility index (Phi) is 9.82. The predicted molar refractivity (Wildman–Crippen MR) is 136 cm³/mol. The number of nitrogens with zero attached hydrogens (tertiary/aromatic N) is 3. The van der Waals surface area contributed by atoms with Gasteiger partial charge in [0.1, 0.15) is 0 Å². The van der Waals surface area contributed by atoms with Crippen molar-refractivity contribution in [3.8, 4) is 11.6 Å². The smallest absolute Gasteiger partial charge is 0.184 e. The third kappa shape index (κ3) is 6.48. The fraction of sp³-hybridized carbons (Fsp3) is 0.292. The first-order chi connectivity index (χ1) is 16.3. The first-order valence-corrected chi connectivity index (χ1v) is 13.9. The summed E-state index contributed by atoms with van der Waals surface area (Å²) in [5.74, 6) is -0.501. The SMILES string of the molecule is CCn1c([O-])c(C=CC2Sc3ccccc3N2CCCCS(=O)(=O)[O-])n(-c2ccccc2)c1=S.[Y]. The van der Waals surface area contributed by atoms with E-state index in [-0.39, 0.29) is 49.7 Å². The quantitative estimate of drug-likeness (QED) is 0.203. The molecule has 3 aromatic rings. The van der Waals surface area contributed by atoms with Crippen molar-refractivity contribution in [2.75, 3.05) is 17.2 Å². The Morgan fingerprint density at radius 3 is 2.46 bits per heavy atom. The minimum absolute atomic E-state index is 0. The molecule has 1 aliphatic rings. The zero-order valence-corrected chi connectivity index (χ0v) is 24.5. The second kappa shape index (κ2) is 12.2. The van der Waals surface area contributed by atoms with Crippen LogP contribution in [0.5, 0.6) is 5.88 Å². The van der Waals surface area contributed by atoms with Gasteiger partial charge in [-0.3, -0.25) is 4.57 Å². The van der Waals surface area contributed by atoms with Crippen LogP contribution in [0.1, 0.15) is 25.5 Å². The van der Waals surface area contributed by atoms with E-state index in [1.54, 1.807) is 20.9 Å². The number of aromatic nitrogens is 2. The van der Waals surface area contributed by atoms with Crippen molar-refractivity contribution in [3.05, 3.63) is 71.1 Å². The first-order valence-electron chi connectivity index (χ1n) is 11.0. The molecule has 4 rings (SSSR count). The van der Waals surface area contributed by atoms with E-state index >= 15 is 0 Å². The van der Waals surface area contributed by atoms with Crippen molar-refractivity contribution >= 4 is 45.9 Å². The van der Waals surface area contributed by atoms with Gasteiger partial charge in [-0.2, -0.15) is 0 Å². The van der Waals surface area contributed by atoms with Crippen LogP contribution in [-0.2, 0) is 49.4 Å². The molecule has 7 nitrogen and oxygen atoms in total. The van der Waals surface area contributed by atoms with Crippen LogP contribution in [0, 0.1) is 4.77 Å². The summed E-state index contributed by atoms with van der Waals surface area (Å²) in [5, 5.41) is 13.1. The number of fused-ring (bicyclic) bond motifs is 1. The molecule has 1 unspecified atom stereocenters. The summed E-state index contributed by atoms with van der Waals surface area (Å²) >= 11 is 7.28. The fourth-order valence-electron chi connectivity index (χ4n) is 4.05. The molecule has 183 valence electrons. The van der Waals surface area contributed by atoms with Crippen LogP contribution in [0.15, 0.2) is 65.6 Å². The molecule has 1 radical (unpaired) electrons. The number of imidazole rings is 1. The Hall–Kier alpha value is -1.43. The molecule has 1 aliphatic heterocycles. The summed E-state index contributed by atoms with van der Waals surface area (Å²) in [4.78, 5) is 3.29. The van der Waals surface area contributed by atoms with E-state index < -0.39 is 10.1 Å². The standard InChI is InChI=1S/C24H27N3O4S3.Y/c1-2-25-23(28)20(27(24(25)32)18-10-4-3-5-11-18)14-15-22-26(16-8-9-17-34(29,30)31)19-12-6-7-13-21(19)33-22;/h3-7,10-15,22,28H,2,8-9,16-17H2,1H3,(H,29,30,31);/p-2. The van der Waals surface area contributed by atoms with E-state index in [4.69, 9.17) is 12.2 Å². The maximum Gasteiger partial charge on any atom is 0.184 e. The molecule has 2 heterocycles. The van der Waals surface area contributed by atoms with Gasteiger partial charge in [0.25, 0.3) is 0 Å². The third-order valence-corrected chi connectivity index (χ3v) is 8.09. The van der Waals surface area contributed by atoms with E-state index in [9.17, 15) is 18.1 Å². The molecule has 0 saturated heterocycles. The Bertz CT molecular complexity index is 1350. The van der Waals surface area contributed by atoms with Crippen LogP contribution in [0.4, 0.5) is 5.69 Å². The summed E-state index contributed by atoms with van der Waals surface area (Å²) in [6, 6.07) is 17.6. The van der Waals surface area contributed by atoms with Gasteiger partial charge in [0.15, 0.2) is 4.77 Å². The molecule has 1 atom stereocenters. The van der Waals surface area contributed by atoms with Crippen molar-refractivity contribution in [2.45, 2.75) is 36.6 Å². The van der Waals surface area contributed by atoms with Gasteiger partial charge in [-0.1, -0.05) is 42.1 Å². The van der Waals surface area contributed by atoms with E-state index in [2.05, 4.69) is 4.90 Å². The van der Waals surface area contributed by atoms with Gasteiger partial charge in [0.05, 0.1) is 26.9 Å². The monoisotopic (exact) mass is 604 g/mol. The molecule has 2 aromatic carbocycles. The molecular weight excluding hydrogens is 579 g/mol. The largest absolute Gasteiger partial charge is 0.859 e. The van der Waals surface area contributed by atoms with E-state index in [1.165, 1.54) is 0 Å². The van der Waals surface area contributed by atoms with Crippen molar-refractivity contribution in [3.63, 3.8) is 0 Å². The first kappa shape index (κ1) is 28.1. The van der Waals surface area contributed by atoms with Crippen LogP contribution >= 0.6 is 24.0 Å². The van der Waals surface area contributed by atoms with Crippen LogP contribution in [0.2, 0.25) is 0 Å². The van der Waals surface area contributed by atoms with Gasteiger partial charge in [-0.05, 0) is 74.3 Å². The number of hydrogen-bond acceptors (Lipinski definition) is 7. The predicted octanol–water partition coefficient (Wildman–Crippen LogP) is 4.38. The fourth-order valence-corrected chi connectivity index (χ4v) is 6.25. The maximum atomic E-state index is 13.1. The number of unbranched alkanes of at least 4 members (excludes halogenated alkanes) is 1. The molecule has 0 fully saturated rings. The number of anilines is 1. The molecular formula is C24H25N3O4S3Y-2. The number of hydrogen-bond donors (Lipinski definition) is 0. The van der Waals surface area contributed by atoms with Gasteiger partial charge in [0, 0.05) is 62.1 Å². The molecule has 0 spiro atoms. The number of rotatable bonds is 9. The van der Waals surface area contributed by atoms with Gasteiger partial charge < -0.3 is 19.1 Å². The van der Waals surface area contributed by atoms with Crippen molar-refractivity contribution in [1.82, 2.24) is 9.13 Å². The maximum absolute atomic E-state index is 13.1. The summed E-state index contributed by atoms with van der Waals surface area (Å²) < 4.78 is 36.7. The molecule has 0 N–H and O–H groups in total. The number of thioether (sulfide) groups is 1. The Labute approximate surface area is 240 Å². The molecule has 11 heteroatoms. The summed E-state index contributed by atoms with van der Waals surface area (Å²) in [6.45, 7) is 2.98. The molecule has 35 heavy (non-hydrogen) atoms. The van der Waals surface area contributed by atoms with Gasteiger partial charge in [0.2, 0.25) is 0 Å². The summed E-state index contributed by atoms with van der Waals surface area (Å²) in [7, 11) is -4.22. The van der Waals surface area contributed by atoms with Crippen molar-refractivity contribution < 1.29 is 50.8 Å². The van der Waals surface area contributed by atoms with Crippen LogP contribution in [0.25, 0.3) is 11.8 Å². The normalized spacial score (nSPS) is 15.4. The van der Waals surface area contributed by atoms with Crippen molar-refractivity contribution in [2.24, 2.45) is 0 Å². The molecule has 1 aromatic heterocycles. The van der Waals surface area contributed by atoms with Crippen LogP contribution < -0.4 is 10.0 Å². The third-order valence-electron chi connectivity index (χ3n) is 5.65. The number of para-hydroxylation sites is 2. The zero-order chi connectivity index (χ0) is 24.3. The Balaban J connectivity index is 0.00000342. The van der Waals surface area contributed by atoms with Gasteiger partial charge in [-0.15, -0.1) is 0 Å². The zero-order valence-electron chi connectivity index (χ0n) is 19.2. The van der Waals surface area contributed by atoms with Crippen LogP contribution in [0.3, 0.4) is 0 Å². The van der Waals surface area contributed by atoms with Gasteiger partial charge in [-0.25, -0.2) is 8.42 Å². The van der Waals surface area contributed by atoms with E-state index in [0.29, 0.717) is 36.4 Å². The average Bonchev–Trinajstić information content (AvgIpc) is 3.28. The van der Waals surface area contributed by atoms with E-state index in [1.807, 2.05) is 73.7 Å². The Morgan fingerprint density at radius 1 is 1.09 bits per heavy atom. The second-order valence-electron chi connectivity index (χ2n) is 7.89. The number of benzene rings is 2. The average molecular weight is 605 g/mol. The van der Waals surface area contributed by atoms with E-state index in [0.717, 1.165) is 16.3 Å². The summed E-state index contributed by atoms with van der Waals surface area (Å²) in [6.07, 6.45) is 4.69. The van der Waals surface area contributed by atoms with Crippen molar-refractivity contribution in [1.29, 1.82) is 0 Å². The topological polar surface area (TPSA) is 93.4 Å². The second-order valence-corrected chi connectivity index (χ2v) is 10.9. The molecule has 0 amide bonds. The molecule has 0 bridgehead atoms. The Morgan fingerprint density at radius 2 is 1.77 bits per heavy atom. The molecule has 0 aliphatic carbocycles.